The number of hydrogen-bond acceptors (Lipinski definition) is 4. The third-order valence-corrected chi connectivity index (χ3v) is 5.52. The van der Waals surface area contributed by atoms with E-state index in [0.29, 0.717) is 23.5 Å². The van der Waals surface area contributed by atoms with Crippen molar-refractivity contribution in [3.05, 3.63) is 118 Å². The Morgan fingerprint density at radius 1 is 0.912 bits per heavy atom. The van der Waals surface area contributed by atoms with Crippen LogP contribution < -0.4 is 4.74 Å². The second-order valence-corrected chi connectivity index (χ2v) is 7.84. The minimum Gasteiger partial charge on any atom is -0.489 e. The van der Waals surface area contributed by atoms with Crippen LogP contribution in [0, 0.1) is 17.1 Å². The van der Waals surface area contributed by atoms with E-state index in [-0.39, 0.29) is 17.7 Å². The van der Waals surface area contributed by atoms with Gasteiger partial charge in [-0.1, -0.05) is 54.6 Å². The molecule has 0 unspecified atom stereocenters. The van der Waals surface area contributed by atoms with Gasteiger partial charge in [-0.05, 0) is 59.5 Å². The quantitative estimate of drug-likeness (QED) is 0.381. The van der Waals surface area contributed by atoms with Crippen molar-refractivity contribution in [2.75, 3.05) is 0 Å². The number of halogens is 1. The van der Waals surface area contributed by atoms with Gasteiger partial charge in [0, 0.05) is 5.57 Å². The monoisotopic (exact) mass is 452 g/mol. The fraction of sp³-hybridized carbons (Fsp3) is 0.107. The normalized spacial score (nSPS) is 15.0. The molecule has 34 heavy (non-hydrogen) atoms. The Morgan fingerprint density at radius 2 is 1.59 bits per heavy atom. The van der Waals surface area contributed by atoms with Crippen molar-refractivity contribution in [1.82, 2.24) is 4.90 Å². The highest BCUT2D eigenvalue weighted by Gasteiger charge is 2.35. The van der Waals surface area contributed by atoms with Gasteiger partial charge in [-0.15, -0.1) is 0 Å². The summed E-state index contributed by atoms with van der Waals surface area (Å²) >= 11 is 0. The topological polar surface area (TPSA) is 70.4 Å². The van der Waals surface area contributed by atoms with E-state index in [2.05, 4.69) is 0 Å². The van der Waals surface area contributed by atoms with Gasteiger partial charge in [0.25, 0.3) is 11.8 Å². The van der Waals surface area contributed by atoms with Crippen LogP contribution in [0.4, 0.5) is 4.39 Å². The van der Waals surface area contributed by atoms with E-state index in [0.717, 1.165) is 16.0 Å². The van der Waals surface area contributed by atoms with E-state index in [4.69, 9.17) is 4.74 Å². The first-order chi connectivity index (χ1) is 16.5. The summed E-state index contributed by atoms with van der Waals surface area (Å²) in [5.74, 6) is -0.893. The van der Waals surface area contributed by atoms with Gasteiger partial charge in [-0.25, -0.2) is 4.39 Å². The van der Waals surface area contributed by atoms with Crippen molar-refractivity contribution in [3.63, 3.8) is 0 Å². The molecule has 3 aromatic rings. The molecule has 0 spiro atoms. The summed E-state index contributed by atoms with van der Waals surface area (Å²) in [5.41, 5.74) is 2.86. The highest BCUT2D eigenvalue weighted by molar-refractivity contribution is 6.19. The molecule has 4 rings (SSSR count). The summed E-state index contributed by atoms with van der Waals surface area (Å²) in [6.07, 6.45) is 1.65. The van der Waals surface area contributed by atoms with Gasteiger partial charge in [0.15, 0.2) is 0 Å². The minimum absolute atomic E-state index is 0.0555. The van der Waals surface area contributed by atoms with Crippen molar-refractivity contribution in [2.45, 2.75) is 20.1 Å². The van der Waals surface area contributed by atoms with Crippen LogP contribution >= 0.6 is 0 Å². The summed E-state index contributed by atoms with van der Waals surface area (Å²) < 4.78 is 19.0. The van der Waals surface area contributed by atoms with E-state index in [1.54, 1.807) is 37.3 Å². The number of carbonyl (C=O) groups excluding carboxylic acids is 2. The first-order valence-corrected chi connectivity index (χ1v) is 10.7. The first kappa shape index (κ1) is 22.7. The highest BCUT2D eigenvalue weighted by atomic mass is 19.1. The van der Waals surface area contributed by atoms with E-state index in [1.807, 2.05) is 36.4 Å². The minimum atomic E-state index is -0.656. The van der Waals surface area contributed by atoms with Crippen LogP contribution in [0.2, 0.25) is 0 Å². The van der Waals surface area contributed by atoms with Crippen LogP contribution in [0.5, 0.6) is 5.75 Å². The van der Waals surface area contributed by atoms with Crippen LogP contribution in [0.3, 0.4) is 0 Å². The van der Waals surface area contributed by atoms with Crippen LogP contribution in [-0.4, -0.2) is 16.7 Å². The maximum atomic E-state index is 13.2. The lowest BCUT2D eigenvalue weighted by Crippen LogP contribution is -2.42. The predicted molar refractivity (Wildman–Crippen MR) is 125 cm³/mol. The highest BCUT2D eigenvalue weighted by Crippen LogP contribution is 2.28. The summed E-state index contributed by atoms with van der Waals surface area (Å²) in [4.78, 5) is 27.0. The van der Waals surface area contributed by atoms with E-state index < -0.39 is 17.6 Å². The van der Waals surface area contributed by atoms with Crippen molar-refractivity contribution in [3.8, 4) is 11.8 Å². The number of rotatable bonds is 6. The zero-order chi connectivity index (χ0) is 24.1. The van der Waals surface area contributed by atoms with Crippen molar-refractivity contribution in [1.29, 1.82) is 5.26 Å². The van der Waals surface area contributed by atoms with Crippen molar-refractivity contribution >= 4 is 17.9 Å². The zero-order valence-electron chi connectivity index (χ0n) is 18.5. The molecule has 0 saturated heterocycles. The average molecular weight is 452 g/mol. The second-order valence-electron chi connectivity index (χ2n) is 7.84. The van der Waals surface area contributed by atoms with Crippen molar-refractivity contribution in [2.24, 2.45) is 0 Å². The molecule has 1 aliphatic rings. The Labute approximate surface area is 197 Å². The van der Waals surface area contributed by atoms with E-state index in [9.17, 15) is 19.2 Å². The molecule has 3 aromatic carbocycles. The summed E-state index contributed by atoms with van der Waals surface area (Å²) in [5, 5.41) is 9.55. The molecule has 0 fully saturated rings. The molecule has 0 radical (unpaired) electrons. The number of imide groups is 1. The lowest BCUT2D eigenvalue weighted by atomic mass is 9.93. The lowest BCUT2D eigenvalue weighted by molar-refractivity contribution is -0.141. The largest absolute Gasteiger partial charge is 0.489 e. The molecular weight excluding hydrogens is 431 g/mol. The Bertz CT molecular complexity index is 1320. The molecule has 0 bridgehead atoms. The van der Waals surface area contributed by atoms with E-state index in [1.165, 1.54) is 24.3 Å². The fourth-order valence-corrected chi connectivity index (χ4v) is 3.61. The van der Waals surface area contributed by atoms with Gasteiger partial charge in [0.05, 0.1) is 6.54 Å². The van der Waals surface area contributed by atoms with Crippen molar-refractivity contribution < 1.29 is 18.7 Å². The van der Waals surface area contributed by atoms with Crippen LogP contribution in [-0.2, 0) is 22.7 Å². The first-order valence-electron chi connectivity index (χ1n) is 10.7. The molecule has 0 atom stereocenters. The molecule has 0 saturated carbocycles. The molecule has 2 amide bonds. The van der Waals surface area contributed by atoms with Gasteiger partial charge in [-0.3, -0.25) is 14.5 Å². The van der Waals surface area contributed by atoms with Crippen LogP contribution in [0.25, 0.3) is 6.08 Å². The number of carbonyl (C=O) groups is 2. The third kappa shape index (κ3) is 4.94. The Hall–Kier alpha value is -4.50. The molecule has 0 aromatic heterocycles. The maximum absolute atomic E-state index is 13.2. The van der Waals surface area contributed by atoms with Crippen LogP contribution in [0.1, 0.15) is 23.6 Å². The van der Waals surface area contributed by atoms with Gasteiger partial charge < -0.3 is 4.74 Å². The fourth-order valence-electron chi connectivity index (χ4n) is 3.61. The lowest BCUT2D eigenvalue weighted by Gasteiger charge is -2.27. The molecule has 1 heterocycles. The van der Waals surface area contributed by atoms with E-state index >= 15 is 0 Å². The molecule has 168 valence electrons. The molecule has 5 nitrogen and oxygen atoms in total. The summed E-state index contributed by atoms with van der Waals surface area (Å²) in [7, 11) is 0. The van der Waals surface area contributed by atoms with Gasteiger partial charge in [-0.2, -0.15) is 5.26 Å². The maximum Gasteiger partial charge on any atom is 0.271 e. The summed E-state index contributed by atoms with van der Waals surface area (Å²) in [6, 6.07) is 24.5. The standard InChI is InChI=1S/C28H21FN2O3/c1-19-25(15-20-9-13-24(14-10-20)34-18-22-5-3-2-4-6-22)27(32)31(28(33)26(19)16-30)17-21-7-11-23(29)12-8-21/h2-15H,17-18H2,1H3/b25-15+. The smallest absolute Gasteiger partial charge is 0.271 e. The number of benzene rings is 3. The predicted octanol–water partition coefficient (Wildman–Crippen LogP) is 5.20. The van der Waals surface area contributed by atoms with Crippen LogP contribution in [0.15, 0.2) is 95.6 Å². The molecular formula is C28H21FN2O3. The molecule has 0 N–H and O–H groups in total. The number of ether oxygens (including phenoxy) is 1. The van der Waals surface area contributed by atoms with Gasteiger partial charge in [0.2, 0.25) is 0 Å². The zero-order valence-corrected chi connectivity index (χ0v) is 18.5. The number of nitriles is 1. The van der Waals surface area contributed by atoms with Gasteiger partial charge >= 0.3 is 0 Å². The number of amides is 2. The SMILES string of the molecule is CC1=C(C#N)C(=O)N(Cc2ccc(F)cc2)C(=O)/C1=C/c1ccc(OCc2ccccc2)cc1. The summed E-state index contributed by atoms with van der Waals surface area (Å²) in [6.45, 7) is 1.97. The third-order valence-electron chi connectivity index (χ3n) is 5.52. The number of nitrogens with zero attached hydrogens (tertiary/aromatic N) is 2. The Balaban J connectivity index is 1.57. The molecule has 1 aliphatic heterocycles. The Morgan fingerprint density at radius 3 is 2.24 bits per heavy atom. The second kappa shape index (κ2) is 9.97. The molecule has 6 heteroatoms. The number of hydrogen-bond donors (Lipinski definition) is 0. The molecule has 0 aliphatic carbocycles. The Kier molecular flexibility index (Phi) is 6.65. The van der Waals surface area contributed by atoms with Gasteiger partial charge in [0.1, 0.15) is 29.8 Å². The average Bonchev–Trinajstić information content (AvgIpc) is 2.86.